The van der Waals surface area contributed by atoms with Crippen LogP contribution in [-0.2, 0) is 6.54 Å². The Hall–Kier alpha value is -1.61. The Morgan fingerprint density at radius 2 is 2.06 bits per heavy atom. The first-order chi connectivity index (χ1) is 8.27. The van der Waals surface area contributed by atoms with Gasteiger partial charge in [0.1, 0.15) is 5.82 Å². The lowest BCUT2D eigenvalue weighted by Gasteiger charge is -2.14. The minimum Gasteiger partial charge on any atom is -0.334 e. The molecule has 1 atom stereocenters. The van der Waals surface area contributed by atoms with Crippen molar-refractivity contribution in [3.63, 3.8) is 0 Å². The van der Waals surface area contributed by atoms with Gasteiger partial charge >= 0.3 is 0 Å². The molecule has 1 aromatic carbocycles. The van der Waals surface area contributed by atoms with E-state index in [2.05, 4.69) is 46.1 Å². The van der Waals surface area contributed by atoms with Crippen LogP contribution < -0.4 is 5.32 Å². The molecule has 2 rings (SSSR count). The van der Waals surface area contributed by atoms with Gasteiger partial charge in [-0.05, 0) is 19.4 Å². The molecule has 1 aromatic heterocycles. The fraction of sp³-hybridized carbons (Fsp3) is 0.357. The van der Waals surface area contributed by atoms with Gasteiger partial charge in [0.25, 0.3) is 0 Å². The molecule has 0 radical (unpaired) electrons. The molecule has 3 nitrogen and oxygen atoms in total. The van der Waals surface area contributed by atoms with Crippen molar-refractivity contribution < 1.29 is 0 Å². The third kappa shape index (κ3) is 3.17. The predicted octanol–water partition coefficient (Wildman–Crippen LogP) is 2.54. The first kappa shape index (κ1) is 11.9. The molecule has 2 aromatic rings. The summed E-state index contributed by atoms with van der Waals surface area (Å²) in [6.07, 6.45) is 3.86. The highest BCUT2D eigenvalue weighted by molar-refractivity contribution is 5.17. The van der Waals surface area contributed by atoms with Crippen molar-refractivity contribution in [1.29, 1.82) is 0 Å². The Morgan fingerprint density at radius 3 is 2.71 bits per heavy atom. The maximum absolute atomic E-state index is 4.21. The van der Waals surface area contributed by atoms with Gasteiger partial charge in [-0.3, -0.25) is 0 Å². The number of aromatic nitrogens is 2. The zero-order valence-electron chi connectivity index (χ0n) is 10.4. The summed E-state index contributed by atoms with van der Waals surface area (Å²) < 4.78 is 2.16. The molecule has 1 heterocycles. The monoisotopic (exact) mass is 229 g/mol. The van der Waals surface area contributed by atoms with E-state index in [1.165, 1.54) is 5.56 Å². The van der Waals surface area contributed by atoms with E-state index in [1.807, 2.05) is 25.4 Å². The maximum Gasteiger partial charge on any atom is 0.105 e. The average Bonchev–Trinajstić information content (AvgIpc) is 2.76. The van der Waals surface area contributed by atoms with Gasteiger partial charge in [-0.25, -0.2) is 4.98 Å². The fourth-order valence-corrected chi connectivity index (χ4v) is 1.90. The van der Waals surface area contributed by atoms with Crippen LogP contribution in [-0.4, -0.2) is 16.1 Å². The number of rotatable bonds is 5. The second kappa shape index (κ2) is 5.64. The zero-order chi connectivity index (χ0) is 12.1. The summed E-state index contributed by atoms with van der Waals surface area (Å²) in [5, 5.41) is 3.52. The van der Waals surface area contributed by atoms with Gasteiger partial charge in [0.05, 0.1) is 0 Å². The molecule has 0 aliphatic carbocycles. The quantitative estimate of drug-likeness (QED) is 0.854. The van der Waals surface area contributed by atoms with Crippen molar-refractivity contribution in [2.45, 2.75) is 26.4 Å². The van der Waals surface area contributed by atoms with Crippen molar-refractivity contribution in [2.24, 2.45) is 0 Å². The average molecular weight is 229 g/mol. The van der Waals surface area contributed by atoms with Gasteiger partial charge in [-0.1, -0.05) is 30.3 Å². The molecule has 1 N–H and O–H groups in total. The van der Waals surface area contributed by atoms with Crippen LogP contribution in [0.1, 0.15) is 24.4 Å². The minimum atomic E-state index is 0.389. The van der Waals surface area contributed by atoms with Crippen LogP contribution >= 0.6 is 0 Å². The van der Waals surface area contributed by atoms with Crippen LogP contribution in [0.25, 0.3) is 0 Å². The van der Waals surface area contributed by atoms with Crippen molar-refractivity contribution in [3.8, 4) is 0 Å². The number of nitrogens with zero attached hydrogens (tertiary/aromatic N) is 2. The molecular weight excluding hydrogens is 210 g/mol. The van der Waals surface area contributed by atoms with E-state index in [0.717, 1.165) is 18.9 Å². The Morgan fingerprint density at radius 1 is 1.29 bits per heavy atom. The van der Waals surface area contributed by atoms with E-state index in [4.69, 9.17) is 0 Å². The van der Waals surface area contributed by atoms with Gasteiger partial charge in [-0.15, -0.1) is 0 Å². The van der Waals surface area contributed by atoms with Gasteiger partial charge < -0.3 is 9.88 Å². The molecule has 0 amide bonds. The van der Waals surface area contributed by atoms with Crippen LogP contribution in [0, 0.1) is 6.92 Å². The smallest absolute Gasteiger partial charge is 0.105 e. The van der Waals surface area contributed by atoms with Crippen molar-refractivity contribution >= 4 is 0 Å². The van der Waals surface area contributed by atoms with Gasteiger partial charge in [0.2, 0.25) is 0 Å². The lowest BCUT2D eigenvalue weighted by atomic mass is 10.1. The molecule has 3 heteroatoms. The minimum absolute atomic E-state index is 0.389. The van der Waals surface area contributed by atoms with Crippen LogP contribution in [0.4, 0.5) is 0 Å². The third-order valence-electron chi connectivity index (χ3n) is 3.03. The van der Waals surface area contributed by atoms with Crippen molar-refractivity contribution in [1.82, 2.24) is 14.9 Å². The summed E-state index contributed by atoms with van der Waals surface area (Å²) in [5.41, 5.74) is 1.33. The lowest BCUT2D eigenvalue weighted by Crippen LogP contribution is -2.23. The van der Waals surface area contributed by atoms with Gasteiger partial charge in [0.15, 0.2) is 0 Å². The van der Waals surface area contributed by atoms with Gasteiger partial charge in [-0.2, -0.15) is 0 Å². The Balaban J connectivity index is 1.81. The second-order valence-electron chi connectivity index (χ2n) is 4.25. The highest BCUT2D eigenvalue weighted by Gasteiger charge is 2.03. The highest BCUT2D eigenvalue weighted by atomic mass is 15.1. The molecular formula is C14H19N3. The summed E-state index contributed by atoms with van der Waals surface area (Å²) in [4.78, 5) is 4.21. The molecule has 90 valence electrons. The van der Waals surface area contributed by atoms with E-state index in [9.17, 15) is 0 Å². The standard InChI is InChI=1S/C14H19N3/c1-12(14-6-4-3-5-7-14)15-8-10-17-11-9-16-13(17)2/h3-7,9,11-12,15H,8,10H2,1-2H3/t12-/m0/s1. The second-order valence-corrected chi connectivity index (χ2v) is 4.25. The number of benzene rings is 1. The molecule has 0 saturated carbocycles. The molecule has 0 bridgehead atoms. The zero-order valence-corrected chi connectivity index (χ0v) is 10.4. The van der Waals surface area contributed by atoms with E-state index >= 15 is 0 Å². The van der Waals surface area contributed by atoms with E-state index in [-0.39, 0.29) is 0 Å². The number of imidazole rings is 1. The van der Waals surface area contributed by atoms with E-state index in [1.54, 1.807) is 0 Å². The van der Waals surface area contributed by atoms with E-state index < -0.39 is 0 Å². The van der Waals surface area contributed by atoms with Crippen LogP contribution in [0.2, 0.25) is 0 Å². The summed E-state index contributed by atoms with van der Waals surface area (Å²) >= 11 is 0. The lowest BCUT2D eigenvalue weighted by molar-refractivity contribution is 0.526. The molecule has 0 fully saturated rings. The van der Waals surface area contributed by atoms with Crippen molar-refractivity contribution in [3.05, 3.63) is 54.1 Å². The number of hydrogen-bond acceptors (Lipinski definition) is 2. The maximum atomic E-state index is 4.21. The molecule has 0 saturated heterocycles. The number of nitrogens with one attached hydrogen (secondary N) is 1. The fourth-order valence-electron chi connectivity index (χ4n) is 1.90. The van der Waals surface area contributed by atoms with Crippen LogP contribution in [0.5, 0.6) is 0 Å². The largest absolute Gasteiger partial charge is 0.334 e. The van der Waals surface area contributed by atoms with Crippen LogP contribution in [0.15, 0.2) is 42.7 Å². The molecule has 0 aliphatic rings. The molecule has 0 aliphatic heterocycles. The Labute approximate surface area is 103 Å². The predicted molar refractivity (Wildman–Crippen MR) is 69.8 cm³/mol. The summed E-state index contributed by atoms with van der Waals surface area (Å²) in [6, 6.07) is 10.9. The van der Waals surface area contributed by atoms with Crippen LogP contribution in [0.3, 0.4) is 0 Å². The Kier molecular flexibility index (Phi) is 3.94. The van der Waals surface area contributed by atoms with E-state index in [0.29, 0.717) is 6.04 Å². The SMILES string of the molecule is Cc1nccn1CCN[C@@H](C)c1ccccc1. The summed E-state index contributed by atoms with van der Waals surface area (Å²) in [7, 11) is 0. The Bertz CT molecular complexity index is 448. The summed E-state index contributed by atoms with van der Waals surface area (Å²) in [5.74, 6) is 1.07. The number of hydrogen-bond donors (Lipinski definition) is 1. The molecule has 0 unspecified atom stereocenters. The first-order valence-corrected chi connectivity index (χ1v) is 6.03. The van der Waals surface area contributed by atoms with Crippen molar-refractivity contribution in [2.75, 3.05) is 6.54 Å². The third-order valence-corrected chi connectivity index (χ3v) is 3.03. The topological polar surface area (TPSA) is 29.9 Å². The molecule has 0 spiro atoms. The highest BCUT2D eigenvalue weighted by Crippen LogP contribution is 2.10. The first-order valence-electron chi connectivity index (χ1n) is 6.03. The summed E-state index contributed by atoms with van der Waals surface area (Å²) in [6.45, 7) is 6.13. The normalized spacial score (nSPS) is 12.6. The number of aryl methyl sites for hydroxylation is 1. The molecule has 17 heavy (non-hydrogen) atoms. The van der Waals surface area contributed by atoms with Gasteiger partial charge in [0, 0.05) is 31.5 Å².